The zero-order valence-corrected chi connectivity index (χ0v) is 9.79. The van der Waals surface area contributed by atoms with Gasteiger partial charge in [-0.15, -0.1) is 0 Å². The predicted octanol–water partition coefficient (Wildman–Crippen LogP) is 2.17. The summed E-state index contributed by atoms with van der Waals surface area (Å²) in [5.41, 5.74) is 0.678. The Morgan fingerprint density at radius 2 is 2.33 bits per heavy atom. The molecule has 0 amide bonds. The summed E-state index contributed by atoms with van der Waals surface area (Å²) in [5.74, 6) is -1.04. The number of oxazole rings is 1. The SMILES string of the molecule is O=C(O)c1c(Sc2ncco2)nc2ccccn12. The molecule has 6 nitrogen and oxygen atoms in total. The number of carboxylic acid groups (broad SMARTS) is 1. The van der Waals surface area contributed by atoms with Crippen molar-refractivity contribution in [2.24, 2.45) is 0 Å². The van der Waals surface area contributed by atoms with E-state index in [-0.39, 0.29) is 5.69 Å². The van der Waals surface area contributed by atoms with Crippen molar-refractivity contribution in [2.75, 3.05) is 0 Å². The summed E-state index contributed by atoms with van der Waals surface area (Å²) in [4.78, 5) is 19.5. The average Bonchev–Trinajstić information content (AvgIpc) is 2.95. The third-order valence-electron chi connectivity index (χ3n) is 2.29. The molecule has 0 saturated heterocycles. The number of hydrogen-bond acceptors (Lipinski definition) is 5. The maximum atomic E-state index is 11.3. The van der Waals surface area contributed by atoms with Crippen molar-refractivity contribution >= 4 is 23.4 Å². The van der Waals surface area contributed by atoms with Crippen molar-refractivity contribution in [3.63, 3.8) is 0 Å². The summed E-state index contributed by atoms with van der Waals surface area (Å²) in [5, 5.41) is 9.98. The molecule has 0 bridgehead atoms. The minimum absolute atomic E-state index is 0.105. The fourth-order valence-corrected chi connectivity index (χ4v) is 2.39. The summed E-state index contributed by atoms with van der Waals surface area (Å²) in [6, 6.07) is 5.29. The van der Waals surface area contributed by atoms with Crippen LogP contribution in [-0.2, 0) is 0 Å². The van der Waals surface area contributed by atoms with Crippen LogP contribution in [0.2, 0.25) is 0 Å². The van der Waals surface area contributed by atoms with Gasteiger partial charge in [0.1, 0.15) is 16.9 Å². The third kappa shape index (κ3) is 1.74. The number of imidazole rings is 1. The molecular formula is C11H7N3O3S. The molecule has 90 valence electrons. The first-order valence-corrected chi connectivity index (χ1v) is 5.85. The lowest BCUT2D eigenvalue weighted by atomic mass is 10.4. The first-order chi connectivity index (χ1) is 8.75. The van der Waals surface area contributed by atoms with Crippen LogP contribution in [0.5, 0.6) is 0 Å². The molecule has 1 N–H and O–H groups in total. The second-order valence-electron chi connectivity index (χ2n) is 3.40. The van der Waals surface area contributed by atoms with Crippen molar-refractivity contribution in [1.82, 2.24) is 14.4 Å². The Hall–Kier alpha value is -2.28. The van der Waals surface area contributed by atoms with Gasteiger partial charge in [-0.25, -0.2) is 14.8 Å². The zero-order valence-electron chi connectivity index (χ0n) is 8.98. The largest absolute Gasteiger partial charge is 0.476 e. The van der Waals surface area contributed by atoms with Crippen LogP contribution >= 0.6 is 11.8 Å². The van der Waals surface area contributed by atoms with Gasteiger partial charge in [-0.3, -0.25) is 4.40 Å². The zero-order chi connectivity index (χ0) is 12.5. The number of hydrogen-bond donors (Lipinski definition) is 1. The minimum Gasteiger partial charge on any atom is -0.476 e. The van der Waals surface area contributed by atoms with Crippen LogP contribution in [0.4, 0.5) is 0 Å². The molecule has 7 heteroatoms. The highest BCUT2D eigenvalue weighted by atomic mass is 32.2. The third-order valence-corrected chi connectivity index (χ3v) is 3.15. The van der Waals surface area contributed by atoms with Gasteiger partial charge in [-0.2, -0.15) is 0 Å². The Bertz CT molecular complexity index is 705. The van der Waals surface area contributed by atoms with Crippen LogP contribution in [0.3, 0.4) is 0 Å². The Morgan fingerprint density at radius 3 is 3.06 bits per heavy atom. The molecule has 0 aliphatic rings. The summed E-state index contributed by atoms with van der Waals surface area (Å²) >= 11 is 1.08. The van der Waals surface area contributed by atoms with Gasteiger partial charge < -0.3 is 9.52 Å². The van der Waals surface area contributed by atoms with Crippen molar-refractivity contribution in [3.8, 4) is 0 Å². The normalized spacial score (nSPS) is 10.9. The maximum Gasteiger partial charge on any atom is 0.355 e. The van der Waals surface area contributed by atoms with E-state index in [1.165, 1.54) is 16.9 Å². The summed E-state index contributed by atoms with van der Waals surface area (Å²) in [7, 11) is 0. The van der Waals surface area contributed by atoms with Gasteiger partial charge in [-0.05, 0) is 23.9 Å². The molecule has 3 heterocycles. The molecular weight excluding hydrogens is 254 g/mol. The number of pyridine rings is 1. The second-order valence-corrected chi connectivity index (χ2v) is 4.34. The van der Waals surface area contributed by atoms with E-state index in [0.29, 0.717) is 15.9 Å². The van der Waals surface area contributed by atoms with Crippen molar-refractivity contribution in [1.29, 1.82) is 0 Å². The molecule has 3 aromatic rings. The molecule has 0 spiro atoms. The Kier molecular flexibility index (Phi) is 2.52. The van der Waals surface area contributed by atoms with E-state index in [9.17, 15) is 9.90 Å². The first-order valence-electron chi connectivity index (χ1n) is 5.03. The second kappa shape index (κ2) is 4.19. The Morgan fingerprint density at radius 1 is 1.44 bits per heavy atom. The number of aromatic carboxylic acids is 1. The molecule has 0 atom stereocenters. The average molecular weight is 261 g/mol. The maximum absolute atomic E-state index is 11.3. The van der Waals surface area contributed by atoms with Gasteiger partial charge in [0.05, 0.1) is 6.20 Å². The standard InChI is InChI=1S/C11H7N3O3S/c15-10(16)8-9(18-11-12-4-6-17-11)13-7-3-1-2-5-14(7)8/h1-6H,(H,15,16). The number of rotatable bonds is 3. The number of aromatic nitrogens is 3. The lowest BCUT2D eigenvalue weighted by Gasteiger charge is -1.96. The minimum atomic E-state index is -1.04. The number of carbonyl (C=O) groups is 1. The quantitative estimate of drug-likeness (QED) is 0.778. The first kappa shape index (κ1) is 10.8. The lowest BCUT2D eigenvalue weighted by molar-refractivity contribution is 0.0685. The van der Waals surface area contributed by atoms with Crippen molar-refractivity contribution in [3.05, 3.63) is 42.5 Å². The molecule has 0 radical (unpaired) electrons. The molecule has 3 aromatic heterocycles. The highest BCUT2D eigenvalue weighted by Crippen LogP contribution is 2.29. The molecule has 0 aliphatic carbocycles. The molecule has 0 fully saturated rings. The predicted molar refractivity (Wildman–Crippen MR) is 62.8 cm³/mol. The van der Waals surface area contributed by atoms with Gasteiger partial charge in [0.25, 0.3) is 5.22 Å². The molecule has 0 saturated carbocycles. The number of nitrogens with zero attached hydrogens (tertiary/aromatic N) is 3. The summed E-state index contributed by atoms with van der Waals surface area (Å²) in [6.07, 6.45) is 4.59. The molecule has 0 unspecified atom stereocenters. The van der Waals surface area contributed by atoms with E-state index >= 15 is 0 Å². The summed E-state index contributed by atoms with van der Waals surface area (Å²) in [6.45, 7) is 0. The van der Waals surface area contributed by atoms with Gasteiger partial charge in [0, 0.05) is 6.20 Å². The van der Waals surface area contributed by atoms with E-state index in [1.54, 1.807) is 24.4 Å². The van der Waals surface area contributed by atoms with E-state index in [4.69, 9.17) is 4.42 Å². The smallest absolute Gasteiger partial charge is 0.355 e. The highest BCUT2D eigenvalue weighted by molar-refractivity contribution is 7.99. The Labute approximate surface area is 105 Å². The van der Waals surface area contributed by atoms with E-state index in [1.807, 2.05) is 0 Å². The molecule has 18 heavy (non-hydrogen) atoms. The number of carboxylic acids is 1. The molecule has 0 aromatic carbocycles. The Balaban J connectivity index is 2.16. The molecule has 3 rings (SSSR count). The van der Waals surface area contributed by atoms with Gasteiger partial charge in [0.2, 0.25) is 0 Å². The monoisotopic (exact) mass is 261 g/mol. The highest BCUT2D eigenvalue weighted by Gasteiger charge is 2.20. The van der Waals surface area contributed by atoms with Crippen molar-refractivity contribution in [2.45, 2.75) is 10.2 Å². The number of fused-ring (bicyclic) bond motifs is 1. The van der Waals surface area contributed by atoms with Crippen molar-refractivity contribution < 1.29 is 14.3 Å². The fraction of sp³-hybridized carbons (Fsp3) is 0. The van der Waals surface area contributed by atoms with Crippen LogP contribution in [-0.4, -0.2) is 25.4 Å². The van der Waals surface area contributed by atoms with E-state index in [0.717, 1.165) is 11.8 Å². The van der Waals surface area contributed by atoms with E-state index in [2.05, 4.69) is 9.97 Å². The van der Waals surface area contributed by atoms with Crippen LogP contribution in [0.15, 0.2) is 51.5 Å². The lowest BCUT2D eigenvalue weighted by Crippen LogP contribution is -2.02. The fourth-order valence-electron chi connectivity index (χ4n) is 1.58. The van der Waals surface area contributed by atoms with Gasteiger partial charge >= 0.3 is 5.97 Å². The van der Waals surface area contributed by atoms with Gasteiger partial charge in [-0.1, -0.05) is 6.07 Å². The van der Waals surface area contributed by atoms with Crippen LogP contribution in [0.1, 0.15) is 10.5 Å². The van der Waals surface area contributed by atoms with Crippen LogP contribution in [0.25, 0.3) is 5.65 Å². The van der Waals surface area contributed by atoms with Crippen LogP contribution in [0, 0.1) is 0 Å². The van der Waals surface area contributed by atoms with Crippen LogP contribution < -0.4 is 0 Å². The van der Waals surface area contributed by atoms with E-state index < -0.39 is 5.97 Å². The molecule has 0 aliphatic heterocycles. The summed E-state index contributed by atoms with van der Waals surface area (Å²) < 4.78 is 6.60. The van der Waals surface area contributed by atoms with Gasteiger partial charge in [0.15, 0.2) is 5.69 Å². The topological polar surface area (TPSA) is 80.6 Å².